The molecule has 0 fully saturated rings. The molecule has 4 nitrogen and oxygen atoms in total. The monoisotopic (exact) mass is 512 g/mol. The Balaban J connectivity index is 1.51. The highest BCUT2D eigenvalue weighted by molar-refractivity contribution is 6.19. The Bertz CT molecular complexity index is 2230. The van der Waals surface area contributed by atoms with Crippen LogP contribution in [0.3, 0.4) is 0 Å². The number of rotatable bonds is 4. The van der Waals surface area contributed by atoms with E-state index in [0.29, 0.717) is 0 Å². The van der Waals surface area contributed by atoms with Crippen molar-refractivity contribution in [3.63, 3.8) is 0 Å². The van der Waals surface area contributed by atoms with E-state index < -0.39 is 0 Å². The predicted molar refractivity (Wildman–Crippen MR) is 168 cm³/mol. The lowest BCUT2D eigenvalue weighted by atomic mass is 10.0. The Morgan fingerprint density at radius 1 is 0.450 bits per heavy atom. The first-order chi connectivity index (χ1) is 19.8. The molecule has 0 unspecified atom stereocenters. The van der Waals surface area contributed by atoms with E-state index >= 15 is 0 Å². The van der Waals surface area contributed by atoms with Crippen molar-refractivity contribution in [2.24, 2.45) is 0 Å². The molecule has 0 saturated carbocycles. The van der Waals surface area contributed by atoms with Gasteiger partial charge in [0.05, 0.1) is 27.8 Å². The molecule has 0 aliphatic heterocycles. The number of nitrogens with one attached hydrogen (secondary N) is 2. The van der Waals surface area contributed by atoms with Crippen molar-refractivity contribution < 1.29 is 0 Å². The standard InChI is InChI=1S/C36H24N4/c37-21-24-19-26(39-32-14-6-5-13-30(32)31-18-17-23-9-1-2-10-27(23)36(31)39)20-25(22-38)35(24)40-33-15-7-3-11-28(33)29-12-4-8-16-34(29)40/h1-22,37-38H. The Labute approximate surface area is 230 Å². The van der Waals surface area contributed by atoms with E-state index in [4.69, 9.17) is 10.8 Å². The number of fused-ring (bicyclic) bond motifs is 8. The van der Waals surface area contributed by atoms with E-state index in [2.05, 4.69) is 118 Å². The van der Waals surface area contributed by atoms with Gasteiger partial charge in [-0.1, -0.05) is 91.0 Å². The number of para-hydroxylation sites is 3. The van der Waals surface area contributed by atoms with E-state index in [0.717, 1.165) is 55.3 Å². The highest BCUT2D eigenvalue weighted by atomic mass is 15.0. The van der Waals surface area contributed by atoms with Crippen molar-refractivity contribution in [2.45, 2.75) is 0 Å². The summed E-state index contributed by atoms with van der Waals surface area (Å²) in [6.07, 6.45) is 2.84. The highest BCUT2D eigenvalue weighted by Crippen LogP contribution is 2.39. The number of hydrogen-bond donors (Lipinski definition) is 2. The molecule has 40 heavy (non-hydrogen) atoms. The van der Waals surface area contributed by atoms with Gasteiger partial charge < -0.3 is 20.0 Å². The van der Waals surface area contributed by atoms with Crippen LogP contribution in [0.15, 0.2) is 121 Å². The normalized spacial score (nSPS) is 11.7. The number of hydrogen-bond acceptors (Lipinski definition) is 2. The zero-order chi connectivity index (χ0) is 26.8. The van der Waals surface area contributed by atoms with Crippen molar-refractivity contribution in [1.82, 2.24) is 9.13 Å². The predicted octanol–water partition coefficient (Wildman–Crippen LogP) is 9.03. The minimum atomic E-state index is 0.758. The smallest absolute Gasteiger partial charge is 0.0638 e. The van der Waals surface area contributed by atoms with Gasteiger partial charge in [0.25, 0.3) is 0 Å². The SMILES string of the molecule is N=Cc1cc(-n2c3ccccc3c3ccc4ccccc4c32)cc(C=N)c1-n1c2ccccc2c2ccccc21. The van der Waals surface area contributed by atoms with E-state index in [-0.39, 0.29) is 0 Å². The van der Waals surface area contributed by atoms with Crippen LogP contribution in [0.25, 0.3) is 65.8 Å². The molecule has 0 aliphatic rings. The van der Waals surface area contributed by atoms with Crippen molar-refractivity contribution in [1.29, 1.82) is 10.8 Å². The lowest BCUT2D eigenvalue weighted by Crippen LogP contribution is -2.07. The lowest BCUT2D eigenvalue weighted by molar-refractivity contribution is 1.14. The average molecular weight is 513 g/mol. The quantitative estimate of drug-likeness (QED) is 0.221. The molecule has 0 radical (unpaired) electrons. The molecule has 4 heteroatoms. The maximum absolute atomic E-state index is 8.53. The summed E-state index contributed by atoms with van der Waals surface area (Å²) < 4.78 is 4.50. The average Bonchev–Trinajstić information content (AvgIpc) is 3.54. The van der Waals surface area contributed by atoms with Crippen molar-refractivity contribution in [3.8, 4) is 11.4 Å². The minimum Gasteiger partial charge on any atom is -0.309 e. The first kappa shape index (κ1) is 22.5. The molecule has 188 valence electrons. The summed E-state index contributed by atoms with van der Waals surface area (Å²) in [5.41, 5.74) is 7.65. The molecule has 8 aromatic rings. The molecule has 0 atom stereocenters. The Kier molecular flexibility index (Phi) is 4.79. The molecule has 0 amide bonds. The molecule has 0 aliphatic carbocycles. The summed E-state index contributed by atoms with van der Waals surface area (Å²) in [7, 11) is 0. The molecule has 2 N–H and O–H groups in total. The van der Waals surface area contributed by atoms with Crippen molar-refractivity contribution >= 4 is 66.8 Å². The summed E-state index contributed by atoms with van der Waals surface area (Å²) in [5, 5.41) is 24.1. The minimum absolute atomic E-state index is 0.758. The van der Waals surface area contributed by atoms with Crippen molar-refractivity contribution in [2.75, 3.05) is 0 Å². The van der Waals surface area contributed by atoms with Gasteiger partial charge in [-0.05, 0) is 35.7 Å². The van der Waals surface area contributed by atoms with Gasteiger partial charge in [-0.2, -0.15) is 0 Å². The van der Waals surface area contributed by atoms with Gasteiger partial charge >= 0.3 is 0 Å². The summed E-state index contributed by atoms with van der Waals surface area (Å²) >= 11 is 0. The van der Waals surface area contributed by atoms with Crippen LogP contribution in [0, 0.1) is 10.8 Å². The Morgan fingerprint density at radius 3 is 1.50 bits per heavy atom. The third kappa shape index (κ3) is 3.01. The van der Waals surface area contributed by atoms with Crippen LogP contribution in [0.1, 0.15) is 11.1 Å². The van der Waals surface area contributed by atoms with Crippen molar-refractivity contribution in [3.05, 3.63) is 132 Å². The van der Waals surface area contributed by atoms with Crippen LogP contribution in [0.4, 0.5) is 0 Å². The zero-order valence-corrected chi connectivity index (χ0v) is 21.6. The van der Waals surface area contributed by atoms with E-state index in [9.17, 15) is 0 Å². The Morgan fingerprint density at radius 2 is 0.925 bits per heavy atom. The van der Waals surface area contributed by atoms with E-state index in [1.807, 2.05) is 12.1 Å². The molecule has 6 aromatic carbocycles. The second-order valence-corrected chi connectivity index (χ2v) is 10.2. The van der Waals surface area contributed by atoms with Gasteiger partial charge in [0.1, 0.15) is 0 Å². The van der Waals surface area contributed by atoms with Crippen LogP contribution in [-0.4, -0.2) is 21.6 Å². The van der Waals surface area contributed by atoms with Gasteiger partial charge in [0, 0.05) is 56.2 Å². The fourth-order valence-corrected chi connectivity index (χ4v) is 6.43. The van der Waals surface area contributed by atoms with Crippen LogP contribution >= 0.6 is 0 Å². The second kappa shape index (κ2) is 8.52. The third-order valence-electron chi connectivity index (χ3n) is 8.09. The van der Waals surface area contributed by atoms with Gasteiger partial charge in [-0.25, -0.2) is 0 Å². The van der Waals surface area contributed by atoms with Gasteiger partial charge in [-0.15, -0.1) is 0 Å². The second-order valence-electron chi connectivity index (χ2n) is 10.2. The zero-order valence-electron chi connectivity index (χ0n) is 21.6. The first-order valence-corrected chi connectivity index (χ1v) is 13.4. The number of aromatic nitrogens is 2. The van der Waals surface area contributed by atoms with Crippen LogP contribution in [-0.2, 0) is 0 Å². The summed E-state index contributed by atoms with van der Waals surface area (Å²) in [4.78, 5) is 0. The van der Waals surface area contributed by atoms with Gasteiger partial charge in [0.15, 0.2) is 0 Å². The number of nitrogens with zero attached hydrogens (tertiary/aromatic N) is 2. The van der Waals surface area contributed by atoms with Crippen LogP contribution < -0.4 is 0 Å². The Hall–Kier alpha value is -5.48. The summed E-state index contributed by atoms with van der Waals surface area (Å²) in [6.45, 7) is 0. The summed E-state index contributed by atoms with van der Waals surface area (Å²) in [6, 6.07) is 42.2. The van der Waals surface area contributed by atoms with Crippen LogP contribution in [0.5, 0.6) is 0 Å². The molecular weight excluding hydrogens is 488 g/mol. The van der Waals surface area contributed by atoms with Gasteiger partial charge in [-0.3, -0.25) is 0 Å². The fraction of sp³-hybridized carbons (Fsp3) is 0. The third-order valence-corrected chi connectivity index (χ3v) is 8.09. The molecule has 0 saturated heterocycles. The topological polar surface area (TPSA) is 57.6 Å². The molecule has 8 rings (SSSR count). The van der Waals surface area contributed by atoms with E-state index in [1.165, 1.54) is 34.0 Å². The molecule has 0 bridgehead atoms. The largest absolute Gasteiger partial charge is 0.309 e. The fourth-order valence-electron chi connectivity index (χ4n) is 6.43. The molecular formula is C36H24N4. The molecule has 0 spiro atoms. The van der Waals surface area contributed by atoms with Crippen LogP contribution in [0.2, 0.25) is 0 Å². The maximum Gasteiger partial charge on any atom is 0.0638 e. The molecule has 2 heterocycles. The lowest BCUT2D eigenvalue weighted by Gasteiger charge is -2.18. The highest BCUT2D eigenvalue weighted by Gasteiger charge is 2.20. The number of benzene rings is 6. The summed E-state index contributed by atoms with van der Waals surface area (Å²) in [5.74, 6) is 0. The molecule has 2 aromatic heterocycles. The first-order valence-electron chi connectivity index (χ1n) is 13.4. The van der Waals surface area contributed by atoms with E-state index in [1.54, 1.807) is 0 Å². The maximum atomic E-state index is 8.53. The van der Waals surface area contributed by atoms with Gasteiger partial charge in [0.2, 0.25) is 0 Å².